The van der Waals surface area contributed by atoms with Crippen LogP contribution < -0.4 is 0 Å². The lowest BCUT2D eigenvalue weighted by atomic mass is 9.93. The number of benzene rings is 1. The first-order valence-corrected chi connectivity index (χ1v) is 13.4. The molecule has 1 aromatic carbocycles. The van der Waals surface area contributed by atoms with E-state index in [0.29, 0.717) is 38.2 Å². The second-order valence-corrected chi connectivity index (χ2v) is 10.9. The predicted molar refractivity (Wildman–Crippen MR) is 137 cm³/mol. The summed E-state index contributed by atoms with van der Waals surface area (Å²) in [6, 6.07) is 6.03. The van der Waals surface area contributed by atoms with Crippen molar-refractivity contribution in [1.82, 2.24) is 9.80 Å². The molecule has 8 heteroatoms. The summed E-state index contributed by atoms with van der Waals surface area (Å²) in [5.41, 5.74) is 1.46. The van der Waals surface area contributed by atoms with Crippen molar-refractivity contribution >= 4 is 28.6 Å². The SMILES string of the molecule is CCOC(=O)CN(C/C=C1\CN(C(C(=O)C2CC2)c2ccccc2F)CCC1SC(C)=O)C(C)C. The zero-order valence-corrected chi connectivity index (χ0v) is 22.0. The minimum Gasteiger partial charge on any atom is -0.465 e. The fourth-order valence-corrected chi connectivity index (χ4v) is 5.46. The summed E-state index contributed by atoms with van der Waals surface area (Å²) in [6.07, 6.45) is 4.49. The molecule has 0 amide bonds. The highest BCUT2D eigenvalue weighted by Crippen LogP contribution is 2.40. The number of likely N-dealkylation sites (tertiary alicyclic amines) is 1. The predicted octanol–water partition coefficient (Wildman–Crippen LogP) is 4.40. The summed E-state index contributed by atoms with van der Waals surface area (Å²) in [4.78, 5) is 41.4. The van der Waals surface area contributed by atoms with Gasteiger partial charge in [-0.1, -0.05) is 36.0 Å². The van der Waals surface area contributed by atoms with Crippen molar-refractivity contribution in [3.63, 3.8) is 0 Å². The van der Waals surface area contributed by atoms with Crippen LogP contribution in [0.15, 0.2) is 35.9 Å². The molecule has 1 aliphatic carbocycles. The van der Waals surface area contributed by atoms with E-state index in [1.54, 1.807) is 32.0 Å². The maximum Gasteiger partial charge on any atom is 0.320 e. The molecule has 1 aromatic rings. The molecule has 0 bridgehead atoms. The minimum absolute atomic E-state index is 0.00217. The number of halogens is 1. The van der Waals surface area contributed by atoms with Gasteiger partial charge in [0.2, 0.25) is 0 Å². The van der Waals surface area contributed by atoms with Crippen molar-refractivity contribution in [2.75, 3.05) is 32.8 Å². The van der Waals surface area contributed by atoms with Crippen LogP contribution in [0, 0.1) is 11.7 Å². The second-order valence-electron chi connectivity index (χ2n) is 9.57. The molecule has 0 N–H and O–H groups in total. The van der Waals surface area contributed by atoms with E-state index < -0.39 is 6.04 Å². The van der Waals surface area contributed by atoms with Gasteiger partial charge in [0.05, 0.1) is 19.2 Å². The molecule has 3 rings (SSSR count). The number of hydrogen-bond acceptors (Lipinski definition) is 7. The van der Waals surface area contributed by atoms with Crippen LogP contribution >= 0.6 is 11.8 Å². The van der Waals surface area contributed by atoms with Crippen LogP contribution in [0.25, 0.3) is 0 Å². The monoisotopic (exact) mass is 504 g/mol. The molecule has 2 fully saturated rings. The molecule has 2 atom stereocenters. The van der Waals surface area contributed by atoms with Gasteiger partial charge in [0, 0.05) is 49.3 Å². The van der Waals surface area contributed by atoms with E-state index in [1.807, 2.05) is 18.7 Å². The number of hydrogen-bond donors (Lipinski definition) is 0. The van der Waals surface area contributed by atoms with Crippen molar-refractivity contribution in [2.45, 2.75) is 64.3 Å². The highest BCUT2D eigenvalue weighted by molar-refractivity contribution is 8.14. The van der Waals surface area contributed by atoms with Crippen LogP contribution in [-0.4, -0.2) is 70.7 Å². The number of rotatable bonds is 11. The zero-order valence-electron chi connectivity index (χ0n) is 21.2. The normalized spacial score (nSPS) is 20.9. The van der Waals surface area contributed by atoms with E-state index in [-0.39, 0.29) is 46.4 Å². The van der Waals surface area contributed by atoms with Crippen molar-refractivity contribution < 1.29 is 23.5 Å². The van der Waals surface area contributed by atoms with Gasteiger partial charge in [0.25, 0.3) is 0 Å². The summed E-state index contributed by atoms with van der Waals surface area (Å²) in [5, 5.41) is 0.0407. The number of thioether (sulfide) groups is 1. The largest absolute Gasteiger partial charge is 0.465 e. The number of carbonyl (C=O) groups excluding carboxylic acids is 3. The molecular weight excluding hydrogens is 467 g/mol. The van der Waals surface area contributed by atoms with E-state index in [0.717, 1.165) is 18.4 Å². The lowest BCUT2D eigenvalue weighted by Gasteiger charge is -2.39. The molecule has 1 saturated heterocycles. The lowest BCUT2D eigenvalue weighted by Crippen LogP contribution is -2.44. The Bertz CT molecular complexity index is 947. The van der Waals surface area contributed by atoms with Crippen LogP contribution in [-0.2, 0) is 19.1 Å². The first kappa shape index (κ1) is 27.6. The van der Waals surface area contributed by atoms with Crippen LogP contribution in [0.1, 0.15) is 58.6 Å². The molecule has 1 heterocycles. The van der Waals surface area contributed by atoms with Gasteiger partial charge in [-0.3, -0.25) is 24.2 Å². The second kappa shape index (κ2) is 12.8. The Kier molecular flexibility index (Phi) is 10.1. The third-order valence-corrected chi connectivity index (χ3v) is 7.71. The van der Waals surface area contributed by atoms with Crippen molar-refractivity contribution in [3.8, 4) is 0 Å². The highest BCUT2D eigenvalue weighted by atomic mass is 32.2. The van der Waals surface area contributed by atoms with Gasteiger partial charge >= 0.3 is 5.97 Å². The number of esters is 1. The smallest absolute Gasteiger partial charge is 0.320 e. The maximum absolute atomic E-state index is 14.8. The Morgan fingerprint density at radius 2 is 1.94 bits per heavy atom. The van der Waals surface area contributed by atoms with E-state index in [9.17, 15) is 18.8 Å². The topological polar surface area (TPSA) is 66.9 Å². The van der Waals surface area contributed by atoms with Crippen LogP contribution in [0.5, 0.6) is 0 Å². The molecule has 0 aromatic heterocycles. The average Bonchev–Trinajstić information content (AvgIpc) is 3.64. The molecule has 0 spiro atoms. The first-order chi connectivity index (χ1) is 16.7. The molecule has 2 aliphatic rings. The molecule has 35 heavy (non-hydrogen) atoms. The lowest BCUT2D eigenvalue weighted by molar-refractivity contribution is -0.144. The van der Waals surface area contributed by atoms with Crippen molar-refractivity contribution in [3.05, 3.63) is 47.3 Å². The zero-order chi connectivity index (χ0) is 25.5. The van der Waals surface area contributed by atoms with Crippen LogP contribution in [0.4, 0.5) is 4.39 Å². The summed E-state index contributed by atoms with van der Waals surface area (Å²) in [5.74, 6) is -0.553. The van der Waals surface area contributed by atoms with E-state index in [1.165, 1.54) is 17.8 Å². The quantitative estimate of drug-likeness (QED) is 0.327. The Hall–Kier alpha value is -2.03. The standard InChI is InChI=1S/C27H37FN2O4S/c1-5-34-25(32)17-29(18(2)3)14-12-21-16-30(15-13-24(21)35-19(4)31)26(27(33)20-10-11-20)22-8-6-7-9-23(22)28/h6-9,12,18,20,24,26H,5,10-11,13-17H2,1-4H3/b21-12+. The third kappa shape index (κ3) is 7.72. The Balaban J connectivity index is 1.86. The fraction of sp³-hybridized carbons (Fsp3) is 0.593. The van der Waals surface area contributed by atoms with Crippen LogP contribution in [0.3, 0.4) is 0 Å². The summed E-state index contributed by atoms with van der Waals surface area (Å²) in [6.45, 7) is 9.53. The van der Waals surface area contributed by atoms with E-state index in [2.05, 4.69) is 11.0 Å². The Morgan fingerprint density at radius 3 is 2.54 bits per heavy atom. The Morgan fingerprint density at radius 1 is 1.23 bits per heavy atom. The maximum atomic E-state index is 14.8. The van der Waals surface area contributed by atoms with E-state index >= 15 is 0 Å². The Labute approximate surface area is 212 Å². The molecule has 1 aliphatic heterocycles. The molecular formula is C27H37FN2O4S. The molecule has 2 unspecified atom stereocenters. The van der Waals surface area contributed by atoms with Gasteiger partial charge in [-0.15, -0.1) is 0 Å². The van der Waals surface area contributed by atoms with Crippen LogP contribution in [0.2, 0.25) is 0 Å². The summed E-state index contributed by atoms with van der Waals surface area (Å²) in [7, 11) is 0. The van der Waals surface area contributed by atoms with Crippen molar-refractivity contribution in [1.29, 1.82) is 0 Å². The number of Topliss-reactive ketones (excluding diaryl/α,β-unsaturated/α-hetero) is 1. The van der Waals surface area contributed by atoms with Gasteiger partial charge in [0.1, 0.15) is 5.82 Å². The average molecular weight is 505 g/mol. The highest BCUT2D eigenvalue weighted by Gasteiger charge is 2.41. The summed E-state index contributed by atoms with van der Waals surface area (Å²) >= 11 is 1.30. The van der Waals surface area contributed by atoms with E-state index in [4.69, 9.17) is 4.74 Å². The minimum atomic E-state index is -0.629. The molecule has 0 radical (unpaired) electrons. The van der Waals surface area contributed by atoms with Gasteiger partial charge < -0.3 is 4.74 Å². The number of ether oxygens (including phenoxy) is 1. The van der Waals surface area contributed by atoms with Gasteiger partial charge in [-0.25, -0.2) is 4.39 Å². The number of ketones is 1. The third-order valence-electron chi connectivity index (χ3n) is 6.56. The van der Waals surface area contributed by atoms with Gasteiger partial charge in [0.15, 0.2) is 10.9 Å². The fourth-order valence-electron chi connectivity index (χ4n) is 4.52. The molecule has 1 saturated carbocycles. The first-order valence-electron chi connectivity index (χ1n) is 12.5. The number of nitrogens with zero attached hydrogens (tertiary/aromatic N) is 2. The molecule has 6 nitrogen and oxygen atoms in total. The van der Waals surface area contributed by atoms with Crippen molar-refractivity contribution in [2.24, 2.45) is 5.92 Å². The molecule has 192 valence electrons. The summed E-state index contributed by atoms with van der Waals surface area (Å²) < 4.78 is 19.9. The van der Waals surface area contributed by atoms with Gasteiger partial charge in [-0.05, 0) is 51.7 Å². The number of carbonyl (C=O) groups is 3. The number of piperidine rings is 1. The van der Waals surface area contributed by atoms with Gasteiger partial charge in [-0.2, -0.15) is 0 Å².